The Hall–Kier alpha value is 0.569. The first kappa shape index (κ1) is 16.4. The van der Waals surface area contributed by atoms with Crippen molar-refractivity contribution in [3.63, 3.8) is 0 Å². The molecule has 3 heteroatoms. The van der Waals surface area contributed by atoms with E-state index in [0.717, 1.165) is 36.8 Å². The number of fused-ring (bicyclic) bond motifs is 2. The van der Waals surface area contributed by atoms with Crippen molar-refractivity contribution in [2.75, 3.05) is 13.1 Å². The van der Waals surface area contributed by atoms with Crippen LogP contribution in [0.1, 0.15) is 64.2 Å². The first-order valence-corrected chi connectivity index (χ1v) is 9.23. The molecule has 4 aliphatic rings. The van der Waals surface area contributed by atoms with E-state index in [-0.39, 0.29) is 20.1 Å². The summed E-state index contributed by atoms with van der Waals surface area (Å²) in [4.78, 5) is 0. The van der Waals surface area contributed by atoms with Gasteiger partial charge in [0.15, 0.2) is 0 Å². The van der Waals surface area contributed by atoms with Crippen molar-refractivity contribution in [1.82, 2.24) is 0 Å². The Kier molecular flexibility index (Phi) is 5.81. The van der Waals surface area contributed by atoms with E-state index in [1.165, 1.54) is 64.2 Å². The van der Waals surface area contributed by atoms with Crippen LogP contribution in [0.5, 0.6) is 0 Å². The van der Waals surface area contributed by atoms with E-state index in [9.17, 15) is 0 Å². The van der Waals surface area contributed by atoms with Crippen LogP contribution >= 0.6 is 0 Å². The van der Waals surface area contributed by atoms with Crippen LogP contribution in [0.4, 0.5) is 0 Å². The van der Waals surface area contributed by atoms with Crippen LogP contribution in [-0.4, -0.2) is 25.2 Å². The number of piperidine rings is 2. The average Bonchev–Trinajstić information content (AvgIpc) is 2.54. The van der Waals surface area contributed by atoms with Crippen LogP contribution in [0.25, 0.3) is 10.6 Å². The molecule has 0 spiro atoms. The van der Waals surface area contributed by atoms with Gasteiger partial charge in [-0.3, -0.25) is 0 Å². The minimum Gasteiger partial charge on any atom is -0.660 e. The van der Waals surface area contributed by atoms with Gasteiger partial charge >= 0.3 is 0 Å². The third kappa shape index (κ3) is 3.57. The predicted octanol–water partition coefficient (Wildman–Crippen LogP) is 4.89. The van der Waals surface area contributed by atoms with Crippen molar-refractivity contribution < 1.29 is 20.1 Å². The largest absolute Gasteiger partial charge is 0.660 e. The first-order chi connectivity index (χ1) is 9.90. The zero-order chi connectivity index (χ0) is 13.4. The molecule has 2 saturated carbocycles. The zero-order valence-electron chi connectivity index (χ0n) is 13.2. The monoisotopic (exact) mass is 467 g/mol. The Morgan fingerprint density at radius 1 is 0.524 bits per heavy atom. The summed E-state index contributed by atoms with van der Waals surface area (Å²) in [5, 5.41) is 10.2. The molecule has 21 heavy (non-hydrogen) atoms. The summed E-state index contributed by atoms with van der Waals surface area (Å²) in [5.74, 6) is 3.85. The van der Waals surface area contributed by atoms with Crippen LogP contribution in [0.15, 0.2) is 0 Å². The molecule has 4 fully saturated rings. The maximum Gasteiger partial charge on any atom is 0 e. The van der Waals surface area contributed by atoms with Crippen molar-refractivity contribution in [2.24, 2.45) is 23.7 Å². The average molecular weight is 467 g/mol. The van der Waals surface area contributed by atoms with Crippen molar-refractivity contribution in [1.29, 1.82) is 0 Å². The molecule has 4 rings (SSSR count). The van der Waals surface area contributed by atoms with Gasteiger partial charge < -0.3 is 10.6 Å². The Bertz CT molecular complexity index is 303. The van der Waals surface area contributed by atoms with Crippen LogP contribution in [0.2, 0.25) is 0 Å². The molecule has 6 atom stereocenters. The molecular formula is C18H30IrN2-2. The molecule has 0 bridgehead atoms. The van der Waals surface area contributed by atoms with Gasteiger partial charge in [0.1, 0.15) is 0 Å². The van der Waals surface area contributed by atoms with Crippen molar-refractivity contribution in [3.05, 3.63) is 10.6 Å². The predicted molar refractivity (Wildman–Crippen MR) is 84.2 cm³/mol. The second kappa shape index (κ2) is 7.43. The second-order valence-electron chi connectivity index (χ2n) is 7.95. The van der Waals surface area contributed by atoms with Crippen LogP contribution in [0.3, 0.4) is 0 Å². The van der Waals surface area contributed by atoms with Gasteiger partial charge in [-0.2, -0.15) is 12.1 Å². The van der Waals surface area contributed by atoms with E-state index in [0.29, 0.717) is 12.1 Å². The molecule has 0 aromatic heterocycles. The zero-order valence-corrected chi connectivity index (χ0v) is 15.6. The molecule has 6 unspecified atom stereocenters. The minimum atomic E-state index is 0. The summed E-state index contributed by atoms with van der Waals surface area (Å²) in [6.07, 6.45) is 14.5. The van der Waals surface area contributed by atoms with E-state index in [1.807, 2.05) is 0 Å². The molecule has 0 amide bonds. The maximum absolute atomic E-state index is 5.08. The SMILES string of the molecule is C1CCC2CC(C3CC4CCCCC4C[N-]3)[N-]CC2C1.[Ir]. The third-order valence-electron chi connectivity index (χ3n) is 6.81. The fourth-order valence-electron chi connectivity index (χ4n) is 5.54. The van der Waals surface area contributed by atoms with E-state index in [2.05, 4.69) is 0 Å². The topological polar surface area (TPSA) is 28.2 Å². The van der Waals surface area contributed by atoms with E-state index < -0.39 is 0 Å². The summed E-state index contributed by atoms with van der Waals surface area (Å²) in [6, 6.07) is 1.19. The Morgan fingerprint density at radius 3 is 1.33 bits per heavy atom. The third-order valence-corrected chi connectivity index (χ3v) is 6.81. The van der Waals surface area contributed by atoms with Crippen molar-refractivity contribution in [3.8, 4) is 0 Å². The minimum absolute atomic E-state index is 0. The number of rotatable bonds is 1. The van der Waals surface area contributed by atoms with Crippen molar-refractivity contribution in [2.45, 2.75) is 76.3 Å². The van der Waals surface area contributed by atoms with Gasteiger partial charge in [0.2, 0.25) is 0 Å². The number of hydrogen-bond donors (Lipinski definition) is 0. The van der Waals surface area contributed by atoms with E-state index >= 15 is 0 Å². The molecule has 2 saturated heterocycles. The molecule has 1 radical (unpaired) electrons. The Morgan fingerprint density at radius 2 is 0.905 bits per heavy atom. The van der Waals surface area contributed by atoms with Gasteiger partial charge in [-0.05, 0) is 11.8 Å². The molecule has 0 N–H and O–H groups in total. The first-order valence-electron chi connectivity index (χ1n) is 9.23. The van der Waals surface area contributed by atoms with Crippen LogP contribution in [-0.2, 0) is 20.1 Å². The van der Waals surface area contributed by atoms with Gasteiger partial charge in [-0.1, -0.05) is 76.0 Å². The molecule has 123 valence electrons. The summed E-state index contributed by atoms with van der Waals surface area (Å²) in [6.45, 7) is 2.32. The Labute approximate surface area is 143 Å². The van der Waals surface area contributed by atoms with E-state index in [4.69, 9.17) is 10.6 Å². The summed E-state index contributed by atoms with van der Waals surface area (Å²) >= 11 is 0. The van der Waals surface area contributed by atoms with Gasteiger partial charge in [0.05, 0.1) is 0 Å². The van der Waals surface area contributed by atoms with Gasteiger partial charge in [0.25, 0.3) is 0 Å². The number of hydrogen-bond acceptors (Lipinski definition) is 0. The molecule has 0 aromatic rings. The van der Waals surface area contributed by atoms with Gasteiger partial charge in [-0.25, -0.2) is 0 Å². The molecule has 2 heterocycles. The van der Waals surface area contributed by atoms with Gasteiger partial charge in [-0.15, -0.1) is 13.1 Å². The fraction of sp³-hybridized carbons (Fsp3) is 1.00. The molecule has 2 aliphatic heterocycles. The van der Waals surface area contributed by atoms with Crippen LogP contribution < -0.4 is 0 Å². The standard InChI is InChI=1S/C18H30N2.Ir/c1-3-7-15-11-19-17(9-13(15)5-1)18-10-14-6-2-4-8-16(14)12-20-18;/h13-18H,1-12H2;/q-2;. The molecule has 0 aromatic carbocycles. The van der Waals surface area contributed by atoms with Gasteiger partial charge in [0, 0.05) is 20.1 Å². The van der Waals surface area contributed by atoms with Crippen LogP contribution in [0, 0.1) is 23.7 Å². The van der Waals surface area contributed by atoms with Crippen molar-refractivity contribution >= 4 is 0 Å². The number of nitrogens with zero attached hydrogens (tertiary/aromatic N) is 2. The maximum atomic E-state index is 5.08. The normalized spacial score (nSPS) is 46.9. The summed E-state index contributed by atoms with van der Waals surface area (Å²) in [7, 11) is 0. The quantitative estimate of drug-likeness (QED) is 0.527. The second-order valence-corrected chi connectivity index (χ2v) is 7.95. The molecule has 2 aliphatic carbocycles. The molecule has 2 nitrogen and oxygen atoms in total. The smallest absolute Gasteiger partial charge is 0 e. The van der Waals surface area contributed by atoms with E-state index in [1.54, 1.807) is 0 Å². The fourth-order valence-corrected chi connectivity index (χ4v) is 5.54. The molecular weight excluding hydrogens is 436 g/mol. The Balaban J connectivity index is 0.00000132. The summed E-state index contributed by atoms with van der Waals surface area (Å²) < 4.78 is 0. The summed E-state index contributed by atoms with van der Waals surface area (Å²) in [5.41, 5.74) is 0.